The van der Waals surface area contributed by atoms with Crippen LogP contribution in [0, 0.1) is 0 Å². The molecule has 1 amide bonds. The number of nitrogens with two attached hydrogens (primary N) is 1. The smallest absolute Gasteiger partial charge is 0.237 e. The van der Waals surface area contributed by atoms with E-state index in [9.17, 15) is 4.79 Å². The molecule has 3 nitrogen and oxygen atoms in total. The van der Waals surface area contributed by atoms with Crippen molar-refractivity contribution < 1.29 is 4.79 Å². The Hall–Kier alpha value is -0.770. The molecule has 1 rings (SSSR count). The molecule has 0 aliphatic rings. The van der Waals surface area contributed by atoms with E-state index in [1.54, 1.807) is 18.2 Å². The molecule has 3 N–H and O–H groups in total. The number of benzene rings is 1. The van der Waals surface area contributed by atoms with E-state index in [0.717, 1.165) is 12.0 Å². The first-order chi connectivity index (χ1) is 8.45. The van der Waals surface area contributed by atoms with E-state index in [4.69, 9.17) is 28.9 Å². The molecular formula is C13H18Cl2N2O. The molecule has 2 unspecified atom stereocenters. The first-order valence-corrected chi connectivity index (χ1v) is 6.72. The molecule has 0 saturated heterocycles. The molecule has 0 saturated carbocycles. The van der Waals surface area contributed by atoms with Crippen LogP contribution in [-0.4, -0.2) is 11.9 Å². The van der Waals surface area contributed by atoms with Gasteiger partial charge >= 0.3 is 0 Å². The van der Waals surface area contributed by atoms with E-state index in [1.807, 2.05) is 13.8 Å². The van der Waals surface area contributed by atoms with Crippen LogP contribution in [0.2, 0.25) is 10.0 Å². The van der Waals surface area contributed by atoms with Crippen LogP contribution in [0.25, 0.3) is 0 Å². The maximum Gasteiger partial charge on any atom is 0.237 e. The number of amides is 1. The van der Waals surface area contributed by atoms with E-state index in [2.05, 4.69) is 5.32 Å². The van der Waals surface area contributed by atoms with Gasteiger partial charge in [0.05, 0.1) is 12.1 Å². The third-order valence-corrected chi connectivity index (χ3v) is 3.29. The Morgan fingerprint density at radius 1 is 1.44 bits per heavy atom. The summed E-state index contributed by atoms with van der Waals surface area (Å²) < 4.78 is 0. The van der Waals surface area contributed by atoms with Gasteiger partial charge in [0.2, 0.25) is 5.91 Å². The van der Waals surface area contributed by atoms with Gasteiger partial charge in [-0.1, -0.05) is 42.6 Å². The van der Waals surface area contributed by atoms with E-state index in [-0.39, 0.29) is 11.9 Å². The number of halogens is 2. The summed E-state index contributed by atoms with van der Waals surface area (Å²) in [6.07, 6.45) is 1.55. The molecule has 0 radical (unpaired) electrons. The number of carbonyl (C=O) groups is 1. The molecule has 1 aromatic carbocycles. The third kappa shape index (κ3) is 4.16. The summed E-state index contributed by atoms with van der Waals surface area (Å²) in [6.45, 7) is 3.86. The zero-order valence-electron chi connectivity index (χ0n) is 10.5. The normalized spacial score (nSPS) is 14.1. The Kier molecular flexibility index (Phi) is 5.93. The second-order valence-electron chi connectivity index (χ2n) is 4.29. The summed E-state index contributed by atoms with van der Waals surface area (Å²) in [5.74, 6) is -0.157. The van der Waals surface area contributed by atoms with E-state index >= 15 is 0 Å². The highest BCUT2D eigenvalue weighted by Crippen LogP contribution is 2.26. The quantitative estimate of drug-likeness (QED) is 0.873. The highest BCUT2D eigenvalue weighted by Gasteiger charge is 2.17. The maximum absolute atomic E-state index is 11.8. The van der Waals surface area contributed by atoms with Gasteiger partial charge in [0.15, 0.2) is 0 Å². The highest BCUT2D eigenvalue weighted by molar-refractivity contribution is 6.35. The molecule has 0 aromatic heterocycles. The van der Waals surface area contributed by atoms with Crippen molar-refractivity contribution in [3.05, 3.63) is 33.8 Å². The maximum atomic E-state index is 11.8. The molecule has 100 valence electrons. The van der Waals surface area contributed by atoms with Crippen molar-refractivity contribution in [3.63, 3.8) is 0 Å². The van der Waals surface area contributed by atoms with Crippen molar-refractivity contribution in [2.45, 2.75) is 38.8 Å². The van der Waals surface area contributed by atoms with Gasteiger partial charge in [-0.05, 0) is 31.0 Å². The van der Waals surface area contributed by atoms with Crippen LogP contribution >= 0.6 is 23.2 Å². The number of hydrogen-bond donors (Lipinski definition) is 2. The molecule has 0 heterocycles. The summed E-state index contributed by atoms with van der Waals surface area (Å²) >= 11 is 11.9. The first kappa shape index (κ1) is 15.3. The first-order valence-electron chi connectivity index (χ1n) is 5.96. The monoisotopic (exact) mass is 288 g/mol. The molecule has 0 aliphatic heterocycles. The minimum Gasteiger partial charge on any atom is -0.348 e. The van der Waals surface area contributed by atoms with Gasteiger partial charge in [0, 0.05) is 10.0 Å². The molecule has 2 atom stereocenters. The number of carbonyl (C=O) groups excluding carboxylic acids is 1. The SMILES string of the molecule is CCCC(N)C(=O)NC(C)c1ccc(Cl)cc1Cl. The van der Waals surface area contributed by atoms with Gasteiger partial charge in [-0.3, -0.25) is 4.79 Å². The van der Waals surface area contributed by atoms with Crippen LogP contribution < -0.4 is 11.1 Å². The van der Waals surface area contributed by atoms with Gasteiger partial charge in [-0.2, -0.15) is 0 Å². The summed E-state index contributed by atoms with van der Waals surface area (Å²) in [7, 11) is 0. The fourth-order valence-corrected chi connectivity index (χ4v) is 2.27. The molecule has 5 heteroatoms. The highest BCUT2D eigenvalue weighted by atomic mass is 35.5. The van der Waals surface area contributed by atoms with Gasteiger partial charge < -0.3 is 11.1 Å². The predicted octanol–water partition coefficient (Wildman–Crippen LogP) is 3.30. The molecule has 1 aromatic rings. The van der Waals surface area contributed by atoms with Crippen LogP contribution in [-0.2, 0) is 4.79 Å². The van der Waals surface area contributed by atoms with Gasteiger partial charge in [0.1, 0.15) is 0 Å². The zero-order valence-corrected chi connectivity index (χ0v) is 12.1. The van der Waals surface area contributed by atoms with E-state index in [1.165, 1.54) is 0 Å². The van der Waals surface area contributed by atoms with Gasteiger partial charge in [0.25, 0.3) is 0 Å². The number of hydrogen-bond acceptors (Lipinski definition) is 2. The van der Waals surface area contributed by atoms with Crippen LogP contribution in [0.5, 0.6) is 0 Å². The molecule has 0 spiro atoms. The summed E-state index contributed by atoms with van der Waals surface area (Å²) in [4.78, 5) is 11.8. The topological polar surface area (TPSA) is 55.1 Å². The fraction of sp³-hybridized carbons (Fsp3) is 0.462. The third-order valence-electron chi connectivity index (χ3n) is 2.72. The molecule has 18 heavy (non-hydrogen) atoms. The minimum atomic E-state index is -0.469. The lowest BCUT2D eigenvalue weighted by molar-refractivity contribution is -0.123. The number of rotatable bonds is 5. The van der Waals surface area contributed by atoms with Crippen molar-refractivity contribution >= 4 is 29.1 Å². The lowest BCUT2D eigenvalue weighted by Gasteiger charge is -2.18. The summed E-state index contributed by atoms with van der Waals surface area (Å²) in [5, 5.41) is 3.96. The van der Waals surface area contributed by atoms with Gasteiger partial charge in [-0.15, -0.1) is 0 Å². The Labute approximate surface area is 118 Å². The molecular weight excluding hydrogens is 271 g/mol. The second-order valence-corrected chi connectivity index (χ2v) is 5.13. The second kappa shape index (κ2) is 6.98. The van der Waals surface area contributed by atoms with Crippen LogP contribution in [0.15, 0.2) is 18.2 Å². The standard InChI is InChI=1S/C13H18Cl2N2O/c1-3-4-12(16)13(18)17-8(2)10-6-5-9(14)7-11(10)15/h5-8,12H,3-4,16H2,1-2H3,(H,17,18). The molecule has 0 bridgehead atoms. The van der Waals surface area contributed by atoms with Crippen molar-refractivity contribution in [1.82, 2.24) is 5.32 Å². The minimum absolute atomic E-state index is 0.157. The van der Waals surface area contributed by atoms with E-state index < -0.39 is 6.04 Å². The van der Waals surface area contributed by atoms with Crippen LogP contribution in [0.3, 0.4) is 0 Å². The Morgan fingerprint density at radius 2 is 2.11 bits per heavy atom. The Bertz CT molecular complexity index is 423. The Balaban J connectivity index is 2.70. The number of nitrogens with one attached hydrogen (secondary N) is 1. The average molecular weight is 289 g/mol. The van der Waals surface area contributed by atoms with Crippen molar-refractivity contribution in [2.75, 3.05) is 0 Å². The van der Waals surface area contributed by atoms with Crippen LogP contribution in [0.1, 0.15) is 38.3 Å². The lowest BCUT2D eigenvalue weighted by Crippen LogP contribution is -2.41. The van der Waals surface area contributed by atoms with E-state index in [0.29, 0.717) is 16.5 Å². The summed E-state index contributed by atoms with van der Waals surface area (Å²) in [5.41, 5.74) is 6.58. The zero-order chi connectivity index (χ0) is 13.7. The average Bonchev–Trinajstić information content (AvgIpc) is 2.28. The Morgan fingerprint density at radius 3 is 2.67 bits per heavy atom. The molecule has 0 aliphatic carbocycles. The lowest BCUT2D eigenvalue weighted by atomic mass is 10.1. The van der Waals surface area contributed by atoms with Crippen LogP contribution in [0.4, 0.5) is 0 Å². The molecule has 0 fully saturated rings. The fourth-order valence-electron chi connectivity index (χ4n) is 1.69. The van der Waals surface area contributed by atoms with Crippen molar-refractivity contribution in [3.8, 4) is 0 Å². The summed E-state index contributed by atoms with van der Waals surface area (Å²) in [6, 6.07) is 4.56. The van der Waals surface area contributed by atoms with Gasteiger partial charge in [-0.25, -0.2) is 0 Å². The predicted molar refractivity (Wildman–Crippen MR) is 75.9 cm³/mol. The van der Waals surface area contributed by atoms with Crippen molar-refractivity contribution in [1.29, 1.82) is 0 Å². The largest absolute Gasteiger partial charge is 0.348 e. The van der Waals surface area contributed by atoms with Crippen molar-refractivity contribution in [2.24, 2.45) is 5.73 Å².